The van der Waals surface area contributed by atoms with Gasteiger partial charge in [-0.2, -0.15) is 0 Å². The number of hydrogen-bond acceptors (Lipinski definition) is 2. The van der Waals surface area contributed by atoms with Crippen LogP contribution in [0.4, 0.5) is 0 Å². The molecule has 0 aliphatic heterocycles. The second-order valence-corrected chi connectivity index (χ2v) is 5.87. The van der Waals surface area contributed by atoms with Gasteiger partial charge in [0.1, 0.15) is 5.75 Å². The minimum Gasteiger partial charge on any atom is -0.493 e. The maximum Gasteiger partial charge on any atom is 0.125 e. The first kappa shape index (κ1) is 18.3. The molecule has 0 aliphatic carbocycles. The summed E-state index contributed by atoms with van der Waals surface area (Å²) in [5, 5.41) is 4.10. The largest absolute Gasteiger partial charge is 0.493 e. The Labute approximate surface area is 135 Å². The topological polar surface area (TPSA) is 21.3 Å². The summed E-state index contributed by atoms with van der Waals surface area (Å²) in [7, 11) is 0. The van der Waals surface area contributed by atoms with E-state index in [1.165, 1.54) is 38.5 Å². The Balaban J connectivity index is 2.26. The molecule has 21 heavy (non-hydrogen) atoms. The summed E-state index contributed by atoms with van der Waals surface area (Å²) in [6.07, 6.45) is 9.11. The molecule has 0 unspecified atom stereocenters. The molecule has 0 radical (unpaired) electrons. The van der Waals surface area contributed by atoms with E-state index >= 15 is 0 Å². The molecule has 0 bridgehead atoms. The molecule has 0 aliphatic rings. The van der Waals surface area contributed by atoms with E-state index in [1.807, 2.05) is 18.2 Å². The molecular weight excluding hydrogens is 282 g/mol. The van der Waals surface area contributed by atoms with Crippen LogP contribution in [0, 0.1) is 0 Å². The highest BCUT2D eigenvalue weighted by Gasteiger charge is 2.07. The second-order valence-electron chi connectivity index (χ2n) is 5.47. The van der Waals surface area contributed by atoms with E-state index in [9.17, 15) is 0 Å². The fourth-order valence-electron chi connectivity index (χ4n) is 2.34. The molecule has 0 aromatic heterocycles. The van der Waals surface area contributed by atoms with Crippen LogP contribution in [0.3, 0.4) is 0 Å². The van der Waals surface area contributed by atoms with Crippen LogP contribution >= 0.6 is 11.6 Å². The van der Waals surface area contributed by atoms with Gasteiger partial charge in [-0.1, -0.05) is 70.0 Å². The number of nitrogens with one attached hydrogen (secondary N) is 1. The molecule has 1 aromatic carbocycles. The molecule has 0 fully saturated rings. The molecule has 1 aromatic rings. The summed E-state index contributed by atoms with van der Waals surface area (Å²) in [5.74, 6) is 0.925. The monoisotopic (exact) mass is 311 g/mol. The predicted molar refractivity (Wildman–Crippen MR) is 92.3 cm³/mol. The lowest BCUT2D eigenvalue weighted by atomic mass is 10.1. The Bertz CT molecular complexity index is 381. The number of hydrogen-bond donors (Lipinski definition) is 1. The summed E-state index contributed by atoms with van der Waals surface area (Å²) >= 11 is 6.26. The molecule has 1 N–H and O–H groups in total. The Morgan fingerprint density at radius 3 is 2.43 bits per heavy atom. The summed E-state index contributed by atoms with van der Waals surface area (Å²) in [6.45, 7) is 6.83. The van der Waals surface area contributed by atoms with Crippen LogP contribution in [-0.4, -0.2) is 13.2 Å². The molecule has 0 amide bonds. The first-order valence-electron chi connectivity index (χ1n) is 8.40. The zero-order valence-electron chi connectivity index (χ0n) is 13.6. The van der Waals surface area contributed by atoms with Gasteiger partial charge in [0, 0.05) is 17.1 Å². The van der Waals surface area contributed by atoms with Gasteiger partial charge in [-0.3, -0.25) is 0 Å². The van der Waals surface area contributed by atoms with Crippen molar-refractivity contribution in [3.8, 4) is 5.75 Å². The van der Waals surface area contributed by atoms with Gasteiger partial charge >= 0.3 is 0 Å². The molecule has 1 rings (SSSR count). The molecule has 0 spiro atoms. The SMILES string of the molecule is CCCCCCCCCOc1cccc(Cl)c1CNCC. The van der Waals surface area contributed by atoms with Crippen molar-refractivity contribution in [2.45, 2.75) is 65.3 Å². The van der Waals surface area contributed by atoms with E-state index in [4.69, 9.17) is 16.3 Å². The summed E-state index contributed by atoms with van der Waals surface area (Å²) in [6, 6.07) is 5.90. The van der Waals surface area contributed by atoms with Gasteiger partial charge < -0.3 is 10.1 Å². The molecule has 0 saturated heterocycles. The van der Waals surface area contributed by atoms with Crippen LogP contribution in [0.2, 0.25) is 5.02 Å². The lowest BCUT2D eigenvalue weighted by molar-refractivity contribution is 0.300. The quantitative estimate of drug-likeness (QED) is 0.509. The van der Waals surface area contributed by atoms with Crippen LogP contribution in [0.5, 0.6) is 5.75 Å². The van der Waals surface area contributed by atoms with Crippen LogP contribution in [0.1, 0.15) is 64.4 Å². The van der Waals surface area contributed by atoms with E-state index in [0.29, 0.717) is 0 Å². The Morgan fingerprint density at radius 2 is 1.71 bits per heavy atom. The number of benzene rings is 1. The van der Waals surface area contributed by atoms with Gasteiger partial charge in [-0.25, -0.2) is 0 Å². The minimum absolute atomic E-state index is 0.766. The molecular formula is C18H30ClNO. The van der Waals surface area contributed by atoms with Crippen LogP contribution < -0.4 is 10.1 Å². The number of halogens is 1. The summed E-state index contributed by atoms with van der Waals surface area (Å²) in [4.78, 5) is 0. The molecule has 2 nitrogen and oxygen atoms in total. The average molecular weight is 312 g/mol. The van der Waals surface area contributed by atoms with Crippen molar-refractivity contribution in [1.29, 1.82) is 0 Å². The number of ether oxygens (including phenoxy) is 1. The molecule has 0 heterocycles. The predicted octanol–water partition coefficient (Wildman–Crippen LogP) is 5.58. The molecule has 3 heteroatoms. The molecule has 120 valence electrons. The third-order valence-corrected chi connectivity index (χ3v) is 3.99. The Morgan fingerprint density at radius 1 is 1.00 bits per heavy atom. The lowest BCUT2D eigenvalue weighted by Crippen LogP contribution is -2.13. The van der Waals surface area contributed by atoms with Gasteiger partial charge in [-0.15, -0.1) is 0 Å². The fourth-order valence-corrected chi connectivity index (χ4v) is 2.57. The second kappa shape index (κ2) is 11.9. The maximum absolute atomic E-state index is 6.26. The van der Waals surface area contributed by atoms with Crippen LogP contribution in [0.25, 0.3) is 0 Å². The standard InChI is InChI=1S/C18H30ClNO/c1-3-5-6-7-8-9-10-14-21-18-13-11-12-17(19)16(18)15-20-4-2/h11-13,20H,3-10,14-15H2,1-2H3. The summed E-state index contributed by atoms with van der Waals surface area (Å²) in [5.41, 5.74) is 1.07. The van der Waals surface area contributed by atoms with E-state index < -0.39 is 0 Å². The van der Waals surface area contributed by atoms with E-state index in [-0.39, 0.29) is 0 Å². The Kier molecular flexibility index (Phi) is 10.4. The first-order valence-corrected chi connectivity index (χ1v) is 8.78. The average Bonchev–Trinajstić information content (AvgIpc) is 2.49. The highest BCUT2D eigenvalue weighted by molar-refractivity contribution is 6.31. The van der Waals surface area contributed by atoms with Crippen LogP contribution in [0.15, 0.2) is 18.2 Å². The third-order valence-electron chi connectivity index (χ3n) is 3.63. The fraction of sp³-hybridized carbons (Fsp3) is 0.667. The molecule has 0 atom stereocenters. The number of rotatable bonds is 12. The van der Waals surface area contributed by atoms with Crippen molar-refractivity contribution in [3.05, 3.63) is 28.8 Å². The normalized spacial score (nSPS) is 10.8. The van der Waals surface area contributed by atoms with Crippen molar-refractivity contribution in [2.24, 2.45) is 0 Å². The summed E-state index contributed by atoms with van der Waals surface area (Å²) < 4.78 is 5.92. The Hall–Kier alpha value is -0.730. The van der Waals surface area contributed by atoms with E-state index in [2.05, 4.69) is 19.2 Å². The van der Waals surface area contributed by atoms with Crippen molar-refractivity contribution < 1.29 is 4.74 Å². The highest BCUT2D eigenvalue weighted by Crippen LogP contribution is 2.26. The van der Waals surface area contributed by atoms with Gasteiger partial charge in [0.05, 0.1) is 6.61 Å². The van der Waals surface area contributed by atoms with Crippen molar-refractivity contribution >= 4 is 11.6 Å². The zero-order valence-corrected chi connectivity index (χ0v) is 14.3. The van der Waals surface area contributed by atoms with Crippen molar-refractivity contribution in [1.82, 2.24) is 5.32 Å². The lowest BCUT2D eigenvalue weighted by Gasteiger charge is -2.13. The number of unbranched alkanes of at least 4 members (excludes halogenated alkanes) is 6. The van der Waals surface area contributed by atoms with Gasteiger partial charge in [-0.05, 0) is 25.1 Å². The van der Waals surface area contributed by atoms with Gasteiger partial charge in [0.25, 0.3) is 0 Å². The van der Waals surface area contributed by atoms with E-state index in [1.54, 1.807) is 0 Å². The van der Waals surface area contributed by atoms with Crippen molar-refractivity contribution in [3.63, 3.8) is 0 Å². The van der Waals surface area contributed by atoms with Gasteiger partial charge in [0.2, 0.25) is 0 Å². The first-order chi connectivity index (χ1) is 10.3. The van der Waals surface area contributed by atoms with Crippen LogP contribution in [-0.2, 0) is 6.54 Å². The van der Waals surface area contributed by atoms with E-state index in [0.717, 1.165) is 42.5 Å². The highest BCUT2D eigenvalue weighted by atomic mass is 35.5. The third kappa shape index (κ3) is 7.73. The zero-order chi connectivity index (χ0) is 15.3. The van der Waals surface area contributed by atoms with Gasteiger partial charge in [0.15, 0.2) is 0 Å². The maximum atomic E-state index is 6.26. The van der Waals surface area contributed by atoms with Crippen molar-refractivity contribution in [2.75, 3.05) is 13.2 Å². The minimum atomic E-state index is 0.766. The molecule has 0 saturated carbocycles. The smallest absolute Gasteiger partial charge is 0.125 e.